The van der Waals surface area contributed by atoms with Crippen LogP contribution in [0.15, 0.2) is 42.6 Å². The molecule has 0 aliphatic carbocycles. The van der Waals surface area contributed by atoms with Crippen molar-refractivity contribution < 1.29 is 4.79 Å². The second kappa shape index (κ2) is 10.1. The third kappa shape index (κ3) is 5.86. The van der Waals surface area contributed by atoms with E-state index in [0.717, 1.165) is 49.7 Å². The average Bonchev–Trinajstić information content (AvgIpc) is 2.73. The van der Waals surface area contributed by atoms with Gasteiger partial charge in [-0.25, -0.2) is 0 Å². The number of hydrogen-bond acceptors (Lipinski definition) is 5. The number of aromatic nitrogens is 1. The predicted molar refractivity (Wildman–Crippen MR) is 114 cm³/mol. The maximum absolute atomic E-state index is 13.0. The molecule has 0 saturated carbocycles. The molecule has 6 nitrogen and oxygen atoms in total. The molecule has 6 heteroatoms. The van der Waals surface area contributed by atoms with Gasteiger partial charge in [0.2, 0.25) is 5.91 Å². The van der Waals surface area contributed by atoms with Crippen LogP contribution in [0.3, 0.4) is 0 Å². The molecule has 0 atom stereocenters. The minimum atomic E-state index is 0.0571. The van der Waals surface area contributed by atoms with Crippen LogP contribution in [0.1, 0.15) is 23.2 Å². The van der Waals surface area contributed by atoms with E-state index in [1.807, 2.05) is 49.5 Å². The van der Waals surface area contributed by atoms with Crippen molar-refractivity contribution in [2.24, 2.45) is 0 Å². The first-order valence-corrected chi connectivity index (χ1v) is 10.2. The molecule has 1 aromatic heterocycles. The number of aryl methyl sites for hydroxylation is 2. The van der Waals surface area contributed by atoms with Gasteiger partial charge in [-0.15, -0.1) is 0 Å². The van der Waals surface area contributed by atoms with E-state index in [2.05, 4.69) is 27.8 Å². The van der Waals surface area contributed by atoms with Crippen LogP contribution in [0, 0.1) is 25.2 Å². The van der Waals surface area contributed by atoms with E-state index in [1.54, 1.807) is 4.90 Å². The van der Waals surface area contributed by atoms with Gasteiger partial charge in [0.05, 0.1) is 24.7 Å². The lowest BCUT2D eigenvalue weighted by atomic mass is 10.1. The zero-order chi connectivity index (χ0) is 20.6. The zero-order valence-electron chi connectivity index (χ0n) is 17.3. The molecule has 1 aliphatic rings. The Hall–Kier alpha value is -2.75. The number of pyridine rings is 1. The highest BCUT2D eigenvalue weighted by molar-refractivity contribution is 5.95. The summed E-state index contributed by atoms with van der Waals surface area (Å²) in [7, 11) is 0. The van der Waals surface area contributed by atoms with Crippen molar-refractivity contribution in [3.8, 4) is 6.07 Å². The number of nitriles is 1. The number of amides is 1. The second-order valence-electron chi connectivity index (χ2n) is 7.60. The van der Waals surface area contributed by atoms with Crippen molar-refractivity contribution >= 4 is 11.6 Å². The predicted octanol–water partition coefficient (Wildman–Crippen LogP) is 2.76. The Morgan fingerprint density at radius 1 is 1.10 bits per heavy atom. The van der Waals surface area contributed by atoms with Gasteiger partial charge in [0, 0.05) is 51.2 Å². The average molecular weight is 392 g/mol. The van der Waals surface area contributed by atoms with E-state index in [9.17, 15) is 4.79 Å². The van der Waals surface area contributed by atoms with Crippen LogP contribution < -0.4 is 4.90 Å². The number of carbonyl (C=O) groups excluding carboxylic acids is 1. The van der Waals surface area contributed by atoms with Crippen LogP contribution in [-0.4, -0.2) is 60.0 Å². The Bertz CT molecular complexity index is 853. The Morgan fingerprint density at radius 3 is 2.52 bits per heavy atom. The molecule has 1 aromatic carbocycles. The molecule has 152 valence electrons. The maximum atomic E-state index is 13.0. The van der Waals surface area contributed by atoms with Gasteiger partial charge < -0.3 is 4.90 Å². The molecule has 0 radical (unpaired) electrons. The van der Waals surface area contributed by atoms with Gasteiger partial charge in [-0.3, -0.25) is 19.6 Å². The van der Waals surface area contributed by atoms with Crippen LogP contribution in [-0.2, 0) is 11.3 Å². The zero-order valence-corrected chi connectivity index (χ0v) is 17.3. The van der Waals surface area contributed by atoms with Gasteiger partial charge in [-0.05, 0) is 49.2 Å². The minimum absolute atomic E-state index is 0.0571. The molecule has 0 unspecified atom stereocenters. The van der Waals surface area contributed by atoms with Gasteiger partial charge in [0.1, 0.15) is 0 Å². The highest BCUT2D eigenvalue weighted by Crippen LogP contribution is 2.20. The van der Waals surface area contributed by atoms with E-state index < -0.39 is 0 Å². The lowest BCUT2D eigenvalue weighted by Crippen LogP contribution is -2.50. The van der Waals surface area contributed by atoms with Crippen LogP contribution in [0.5, 0.6) is 0 Å². The molecule has 2 heterocycles. The fourth-order valence-electron chi connectivity index (χ4n) is 3.56. The van der Waals surface area contributed by atoms with E-state index in [0.29, 0.717) is 19.5 Å². The van der Waals surface area contributed by atoms with Gasteiger partial charge in [0.15, 0.2) is 0 Å². The largest absolute Gasteiger partial charge is 0.310 e. The fourth-order valence-corrected chi connectivity index (χ4v) is 3.56. The van der Waals surface area contributed by atoms with E-state index >= 15 is 0 Å². The van der Waals surface area contributed by atoms with Crippen LogP contribution in [0.25, 0.3) is 0 Å². The summed E-state index contributed by atoms with van der Waals surface area (Å²) in [4.78, 5) is 23.8. The second-order valence-corrected chi connectivity index (χ2v) is 7.60. The lowest BCUT2D eigenvalue weighted by Gasteiger charge is -2.35. The SMILES string of the molecule is Cc1ccc(N(CCC#N)C(=O)CN2CCN(Cc3ccccn3)CC2)cc1C. The topological polar surface area (TPSA) is 63.5 Å². The number of rotatable bonds is 7. The molecule has 2 aromatic rings. The Kier molecular flexibility index (Phi) is 7.34. The summed E-state index contributed by atoms with van der Waals surface area (Å²) in [5, 5.41) is 9.01. The molecule has 1 fully saturated rings. The third-order valence-electron chi connectivity index (χ3n) is 5.49. The van der Waals surface area contributed by atoms with Crippen molar-refractivity contribution in [1.82, 2.24) is 14.8 Å². The molecule has 0 spiro atoms. The van der Waals surface area contributed by atoms with Gasteiger partial charge in [-0.1, -0.05) is 12.1 Å². The molecule has 3 rings (SSSR count). The fraction of sp³-hybridized carbons (Fsp3) is 0.435. The molecule has 1 aliphatic heterocycles. The monoisotopic (exact) mass is 391 g/mol. The lowest BCUT2D eigenvalue weighted by molar-refractivity contribution is -0.120. The Balaban J connectivity index is 1.57. The molecule has 1 saturated heterocycles. The smallest absolute Gasteiger partial charge is 0.241 e. The van der Waals surface area contributed by atoms with Crippen LogP contribution >= 0.6 is 0 Å². The quantitative estimate of drug-likeness (QED) is 0.726. The highest BCUT2D eigenvalue weighted by Gasteiger charge is 2.23. The number of benzene rings is 1. The summed E-state index contributed by atoms with van der Waals surface area (Å²) in [6.45, 7) is 9.33. The first-order valence-electron chi connectivity index (χ1n) is 10.2. The van der Waals surface area contributed by atoms with Crippen molar-refractivity contribution in [1.29, 1.82) is 5.26 Å². The third-order valence-corrected chi connectivity index (χ3v) is 5.49. The number of nitrogens with zero attached hydrogens (tertiary/aromatic N) is 5. The molecular weight excluding hydrogens is 362 g/mol. The minimum Gasteiger partial charge on any atom is -0.310 e. The standard InChI is InChI=1S/C23H29N5O/c1-19-7-8-22(16-20(19)2)28(11-5-9-24)23(29)18-27-14-12-26(13-15-27)17-21-6-3-4-10-25-21/h3-4,6-8,10,16H,5,11-15,17-18H2,1-2H3. The molecule has 29 heavy (non-hydrogen) atoms. The molecular formula is C23H29N5O. The summed E-state index contributed by atoms with van der Waals surface area (Å²) in [5.41, 5.74) is 4.31. The number of piperazine rings is 1. The summed E-state index contributed by atoms with van der Waals surface area (Å²) in [6, 6.07) is 14.2. The van der Waals surface area contributed by atoms with Crippen LogP contribution in [0.2, 0.25) is 0 Å². The normalized spacial score (nSPS) is 15.1. The highest BCUT2D eigenvalue weighted by atomic mass is 16.2. The van der Waals surface area contributed by atoms with Gasteiger partial charge >= 0.3 is 0 Å². The van der Waals surface area contributed by atoms with E-state index in [4.69, 9.17) is 5.26 Å². The van der Waals surface area contributed by atoms with Crippen molar-refractivity contribution in [3.63, 3.8) is 0 Å². The van der Waals surface area contributed by atoms with Crippen molar-refractivity contribution in [2.45, 2.75) is 26.8 Å². The van der Waals surface area contributed by atoms with E-state index in [-0.39, 0.29) is 5.91 Å². The number of anilines is 1. The summed E-state index contributed by atoms with van der Waals surface area (Å²) >= 11 is 0. The molecule has 0 bridgehead atoms. The summed E-state index contributed by atoms with van der Waals surface area (Å²) in [6.07, 6.45) is 2.16. The Morgan fingerprint density at radius 2 is 1.86 bits per heavy atom. The maximum Gasteiger partial charge on any atom is 0.241 e. The van der Waals surface area contributed by atoms with Gasteiger partial charge in [-0.2, -0.15) is 5.26 Å². The van der Waals surface area contributed by atoms with Gasteiger partial charge in [0.25, 0.3) is 0 Å². The number of carbonyl (C=O) groups is 1. The molecule has 1 amide bonds. The molecule has 0 N–H and O–H groups in total. The van der Waals surface area contributed by atoms with E-state index in [1.165, 1.54) is 5.56 Å². The summed E-state index contributed by atoms with van der Waals surface area (Å²) in [5.74, 6) is 0.0571. The summed E-state index contributed by atoms with van der Waals surface area (Å²) < 4.78 is 0. The van der Waals surface area contributed by atoms with Crippen molar-refractivity contribution in [3.05, 3.63) is 59.4 Å². The first kappa shape index (κ1) is 21.0. The van der Waals surface area contributed by atoms with Crippen LogP contribution in [0.4, 0.5) is 5.69 Å². The number of hydrogen-bond donors (Lipinski definition) is 0. The van der Waals surface area contributed by atoms with Crippen molar-refractivity contribution in [2.75, 3.05) is 44.2 Å². The first-order chi connectivity index (χ1) is 14.1. The Labute approximate surface area is 173 Å².